The van der Waals surface area contributed by atoms with Crippen LogP contribution < -0.4 is 0 Å². The molecule has 34 heavy (non-hydrogen) atoms. The van der Waals surface area contributed by atoms with Crippen LogP contribution >= 0.6 is 0 Å². The Morgan fingerprint density at radius 1 is 0.941 bits per heavy atom. The lowest BCUT2D eigenvalue weighted by Crippen LogP contribution is -2.30. The summed E-state index contributed by atoms with van der Waals surface area (Å²) in [4.78, 5) is 0. The van der Waals surface area contributed by atoms with Crippen LogP contribution in [-0.4, -0.2) is 4.57 Å². The minimum atomic E-state index is -0.260. The molecule has 3 aromatic carbocycles. The van der Waals surface area contributed by atoms with Crippen molar-refractivity contribution in [1.82, 2.24) is 4.57 Å². The summed E-state index contributed by atoms with van der Waals surface area (Å²) in [6.45, 7) is 4.38. The number of benzene rings is 3. The van der Waals surface area contributed by atoms with Gasteiger partial charge in [-0.1, -0.05) is 97.5 Å². The van der Waals surface area contributed by atoms with E-state index in [1.165, 1.54) is 55.6 Å². The number of hydrogen-bond donors (Lipinski definition) is 0. The Morgan fingerprint density at radius 3 is 2.47 bits per heavy atom. The minimum Gasteiger partial charge on any atom is -0.347 e. The lowest BCUT2D eigenvalue weighted by atomic mass is 9.65. The third-order valence-corrected chi connectivity index (χ3v) is 7.90. The van der Waals surface area contributed by atoms with E-state index in [-0.39, 0.29) is 5.41 Å². The molecule has 2 aliphatic rings. The first-order valence-electron chi connectivity index (χ1n) is 12.5. The van der Waals surface area contributed by atoms with Gasteiger partial charge < -0.3 is 4.57 Å². The normalized spacial score (nSPS) is 19.0. The van der Waals surface area contributed by atoms with Crippen LogP contribution in [0.2, 0.25) is 0 Å². The molecule has 0 saturated carbocycles. The lowest BCUT2D eigenvalue weighted by Gasteiger charge is -2.36. The molecule has 0 bridgehead atoms. The second-order valence-corrected chi connectivity index (χ2v) is 9.51. The summed E-state index contributed by atoms with van der Waals surface area (Å²) in [5.41, 5.74) is 12.3. The molecule has 0 fully saturated rings. The van der Waals surface area contributed by atoms with E-state index >= 15 is 0 Å². The van der Waals surface area contributed by atoms with Crippen LogP contribution in [-0.2, 0) is 18.9 Å². The Morgan fingerprint density at radius 2 is 1.74 bits per heavy atom. The zero-order valence-electron chi connectivity index (χ0n) is 20.3. The summed E-state index contributed by atoms with van der Waals surface area (Å²) in [5, 5.41) is 1.35. The molecule has 4 aromatic rings. The van der Waals surface area contributed by atoms with E-state index in [0.29, 0.717) is 0 Å². The number of nitrogens with zero attached hydrogens (tertiary/aromatic N) is 1. The van der Waals surface area contributed by atoms with Crippen molar-refractivity contribution in [2.75, 3.05) is 0 Å². The van der Waals surface area contributed by atoms with Gasteiger partial charge in [0.25, 0.3) is 0 Å². The van der Waals surface area contributed by atoms with Crippen LogP contribution in [0.4, 0.5) is 0 Å². The molecule has 1 unspecified atom stereocenters. The van der Waals surface area contributed by atoms with Crippen molar-refractivity contribution in [2.24, 2.45) is 7.05 Å². The molecule has 0 aliphatic heterocycles. The molecule has 0 radical (unpaired) electrons. The summed E-state index contributed by atoms with van der Waals surface area (Å²) >= 11 is 0. The van der Waals surface area contributed by atoms with Crippen LogP contribution in [0.3, 0.4) is 0 Å². The average molecular weight is 442 g/mol. The van der Waals surface area contributed by atoms with Gasteiger partial charge in [0.2, 0.25) is 0 Å². The summed E-state index contributed by atoms with van der Waals surface area (Å²) in [6.07, 6.45) is 14.6. The van der Waals surface area contributed by atoms with Crippen molar-refractivity contribution in [1.29, 1.82) is 0 Å². The largest absolute Gasteiger partial charge is 0.347 e. The lowest BCUT2D eigenvalue weighted by molar-refractivity contribution is 0.693. The molecule has 2 aliphatic carbocycles. The number of aromatic nitrogens is 1. The molecule has 1 atom stereocenters. The van der Waals surface area contributed by atoms with Crippen LogP contribution in [0.15, 0.2) is 96.6 Å². The molecule has 1 nitrogen and oxygen atoms in total. The van der Waals surface area contributed by atoms with Gasteiger partial charge in [0, 0.05) is 29.2 Å². The second-order valence-electron chi connectivity index (χ2n) is 9.51. The Balaban J connectivity index is 1.79. The molecule has 0 N–H and O–H groups in total. The molecule has 0 spiro atoms. The SMILES string of the molecule is C/C=C\c1c(CC)n(C)c2cc3c(cc12)-c1ccccc1C3(C1=CC=CCC1)c1ccccc1. The standard InChI is InChI=1S/C33H31N/c1-4-14-26-28-21-27-25-19-12-13-20-29(25)33(23-15-8-6-9-16-23,24-17-10-7-11-18-24)30(27)22-32(28)34(3)31(26)5-2/h4,6-10,12-17,19-22H,5,11,18H2,1-3H3/b14-4-. The van der Waals surface area contributed by atoms with Gasteiger partial charge in [-0.05, 0) is 66.1 Å². The zero-order valence-corrected chi connectivity index (χ0v) is 20.3. The first-order valence-corrected chi connectivity index (χ1v) is 12.5. The van der Waals surface area contributed by atoms with Crippen molar-refractivity contribution < 1.29 is 0 Å². The Labute approximate surface area is 202 Å². The molecule has 0 amide bonds. The molecule has 168 valence electrons. The molecular formula is C33H31N. The monoisotopic (exact) mass is 441 g/mol. The number of allylic oxidation sites excluding steroid dienone is 5. The van der Waals surface area contributed by atoms with Gasteiger partial charge in [-0.15, -0.1) is 0 Å². The quantitative estimate of drug-likeness (QED) is 0.300. The van der Waals surface area contributed by atoms with E-state index in [1.807, 2.05) is 0 Å². The third kappa shape index (κ3) is 2.73. The van der Waals surface area contributed by atoms with Crippen LogP contribution in [0.25, 0.3) is 28.1 Å². The zero-order chi connectivity index (χ0) is 23.3. The summed E-state index contributed by atoms with van der Waals surface area (Å²) < 4.78 is 2.42. The predicted molar refractivity (Wildman–Crippen MR) is 145 cm³/mol. The van der Waals surface area contributed by atoms with E-state index in [2.05, 4.69) is 123 Å². The van der Waals surface area contributed by atoms with E-state index in [0.717, 1.165) is 19.3 Å². The fourth-order valence-corrected chi connectivity index (χ4v) is 6.51. The molecule has 0 saturated heterocycles. The van der Waals surface area contributed by atoms with Gasteiger partial charge in [-0.25, -0.2) is 0 Å². The van der Waals surface area contributed by atoms with Gasteiger partial charge in [0.15, 0.2) is 0 Å². The third-order valence-electron chi connectivity index (χ3n) is 7.90. The van der Waals surface area contributed by atoms with Crippen LogP contribution in [0.5, 0.6) is 0 Å². The smallest absolute Gasteiger partial charge is 0.0677 e. The Hall–Kier alpha value is -3.58. The maximum Gasteiger partial charge on any atom is 0.0677 e. The second kappa shape index (κ2) is 8.02. The van der Waals surface area contributed by atoms with Gasteiger partial charge in [-0.2, -0.15) is 0 Å². The van der Waals surface area contributed by atoms with Gasteiger partial charge in [0.1, 0.15) is 0 Å². The van der Waals surface area contributed by atoms with E-state index < -0.39 is 0 Å². The number of fused-ring (bicyclic) bond motifs is 4. The van der Waals surface area contributed by atoms with Crippen molar-refractivity contribution in [3.05, 3.63) is 125 Å². The molecule has 1 heterocycles. The average Bonchev–Trinajstić information content (AvgIpc) is 3.33. The highest BCUT2D eigenvalue weighted by Crippen LogP contribution is 2.58. The van der Waals surface area contributed by atoms with E-state index in [9.17, 15) is 0 Å². The Kier molecular flexibility index (Phi) is 4.95. The summed E-state index contributed by atoms with van der Waals surface area (Å²) in [6, 6.07) is 25.2. The first kappa shape index (κ1) is 21.0. The summed E-state index contributed by atoms with van der Waals surface area (Å²) in [7, 11) is 2.23. The molecule has 6 rings (SSSR count). The minimum absolute atomic E-state index is 0.260. The van der Waals surface area contributed by atoms with Crippen molar-refractivity contribution >= 4 is 17.0 Å². The highest BCUT2D eigenvalue weighted by Gasteiger charge is 2.47. The molecule has 1 heteroatoms. The number of rotatable bonds is 4. The maximum atomic E-state index is 2.50. The van der Waals surface area contributed by atoms with Gasteiger partial charge in [0.05, 0.1) is 5.41 Å². The number of aryl methyl sites for hydroxylation is 1. The van der Waals surface area contributed by atoms with Gasteiger partial charge in [-0.3, -0.25) is 0 Å². The predicted octanol–water partition coefficient (Wildman–Crippen LogP) is 8.37. The van der Waals surface area contributed by atoms with Crippen molar-refractivity contribution in [2.45, 2.75) is 38.5 Å². The first-order chi connectivity index (χ1) is 16.7. The fourth-order valence-electron chi connectivity index (χ4n) is 6.51. The fraction of sp³-hybridized carbons (Fsp3) is 0.212. The van der Waals surface area contributed by atoms with Crippen LogP contribution in [0.1, 0.15) is 54.6 Å². The highest BCUT2D eigenvalue weighted by atomic mass is 14.9. The van der Waals surface area contributed by atoms with E-state index in [1.54, 1.807) is 0 Å². The van der Waals surface area contributed by atoms with Crippen LogP contribution in [0, 0.1) is 0 Å². The van der Waals surface area contributed by atoms with Gasteiger partial charge >= 0.3 is 0 Å². The molecule has 1 aromatic heterocycles. The van der Waals surface area contributed by atoms with Crippen molar-refractivity contribution in [3.63, 3.8) is 0 Å². The number of hydrogen-bond acceptors (Lipinski definition) is 0. The maximum absolute atomic E-state index is 2.50. The van der Waals surface area contributed by atoms with Crippen molar-refractivity contribution in [3.8, 4) is 11.1 Å². The summed E-state index contributed by atoms with van der Waals surface area (Å²) in [5.74, 6) is 0. The topological polar surface area (TPSA) is 4.93 Å². The van der Waals surface area contributed by atoms with E-state index in [4.69, 9.17) is 0 Å². The Bertz CT molecular complexity index is 1490. The molecular weight excluding hydrogens is 410 g/mol. The highest BCUT2D eigenvalue weighted by molar-refractivity contribution is 5.99.